The minimum absolute atomic E-state index is 0.177. The lowest BCUT2D eigenvalue weighted by Crippen LogP contribution is -2.47. The van der Waals surface area contributed by atoms with Gasteiger partial charge in [-0.3, -0.25) is 10.1 Å². The summed E-state index contributed by atoms with van der Waals surface area (Å²) < 4.78 is 0. The first kappa shape index (κ1) is 21.7. The van der Waals surface area contributed by atoms with Gasteiger partial charge in [0.05, 0.1) is 17.7 Å². The number of anilines is 1. The molecule has 5 rings (SSSR count). The fourth-order valence-corrected chi connectivity index (χ4v) is 6.63. The quantitative estimate of drug-likeness (QED) is 0.637. The third kappa shape index (κ3) is 4.25. The van der Waals surface area contributed by atoms with Gasteiger partial charge in [-0.25, -0.2) is 9.78 Å². The molecule has 1 aromatic heterocycles. The van der Waals surface area contributed by atoms with E-state index in [0.717, 1.165) is 61.1 Å². The van der Waals surface area contributed by atoms with Crippen LogP contribution in [0.3, 0.4) is 0 Å². The van der Waals surface area contributed by atoms with Crippen molar-refractivity contribution in [3.8, 4) is 0 Å². The van der Waals surface area contributed by atoms with Crippen LogP contribution in [0.15, 0.2) is 24.3 Å². The van der Waals surface area contributed by atoms with Crippen molar-refractivity contribution in [1.29, 1.82) is 0 Å². The molecule has 0 atom stereocenters. The first-order valence-corrected chi connectivity index (χ1v) is 12.8. The lowest BCUT2D eigenvalue weighted by atomic mass is 9.77. The second-order valence-corrected chi connectivity index (χ2v) is 10.8. The highest BCUT2D eigenvalue weighted by atomic mass is 35.5. The van der Waals surface area contributed by atoms with Crippen LogP contribution in [0.2, 0.25) is 5.02 Å². The number of halogens is 1. The predicted molar refractivity (Wildman–Crippen MR) is 127 cm³/mol. The molecule has 1 aromatic carbocycles. The largest absolute Gasteiger partial charge is 0.336 e. The Balaban J connectivity index is 1.28. The molecule has 6 nitrogen and oxygen atoms in total. The minimum atomic E-state index is -0.449. The lowest BCUT2D eigenvalue weighted by Gasteiger charge is -2.36. The molecule has 0 radical (unpaired) electrons. The third-order valence-corrected chi connectivity index (χ3v) is 8.44. The second-order valence-electron chi connectivity index (χ2n) is 9.24. The number of nitrogens with one attached hydrogen (secondary N) is 2. The average molecular weight is 473 g/mol. The van der Waals surface area contributed by atoms with E-state index >= 15 is 0 Å². The van der Waals surface area contributed by atoms with Gasteiger partial charge in [-0.1, -0.05) is 60.8 Å². The molecular formula is C24H29ClN4O2S. The fraction of sp³-hybridized carbons (Fsp3) is 0.542. The van der Waals surface area contributed by atoms with Gasteiger partial charge in [-0.15, -0.1) is 0 Å². The molecule has 1 aliphatic heterocycles. The van der Waals surface area contributed by atoms with E-state index < -0.39 is 5.41 Å². The maximum absolute atomic E-state index is 13.8. The highest BCUT2D eigenvalue weighted by molar-refractivity contribution is 7.15. The summed E-state index contributed by atoms with van der Waals surface area (Å²) in [5.41, 5.74) is 1.63. The minimum Gasteiger partial charge on any atom is -0.336 e. The highest BCUT2D eigenvalue weighted by Gasteiger charge is 2.45. The van der Waals surface area contributed by atoms with E-state index in [2.05, 4.69) is 15.6 Å². The number of nitrogens with zero attached hydrogens (tertiary/aromatic N) is 2. The number of amides is 3. The van der Waals surface area contributed by atoms with E-state index in [1.165, 1.54) is 24.2 Å². The van der Waals surface area contributed by atoms with Crippen molar-refractivity contribution < 1.29 is 9.59 Å². The second kappa shape index (κ2) is 9.02. The average Bonchev–Trinajstić information content (AvgIpc) is 3.54. The number of rotatable bonds is 4. The van der Waals surface area contributed by atoms with E-state index in [1.807, 2.05) is 29.2 Å². The zero-order valence-corrected chi connectivity index (χ0v) is 19.7. The molecule has 2 heterocycles. The summed E-state index contributed by atoms with van der Waals surface area (Å²) in [6.07, 6.45) is 9.08. The number of aromatic nitrogens is 1. The summed E-state index contributed by atoms with van der Waals surface area (Å²) in [5, 5.41) is 7.26. The van der Waals surface area contributed by atoms with Crippen molar-refractivity contribution in [2.24, 2.45) is 0 Å². The van der Waals surface area contributed by atoms with E-state index in [4.69, 9.17) is 11.6 Å². The van der Waals surface area contributed by atoms with Crippen LogP contribution in [0.25, 0.3) is 0 Å². The molecule has 0 unspecified atom stereocenters. The molecule has 0 bridgehead atoms. The van der Waals surface area contributed by atoms with Crippen molar-refractivity contribution in [1.82, 2.24) is 15.2 Å². The molecule has 170 valence electrons. The van der Waals surface area contributed by atoms with Crippen molar-refractivity contribution in [2.45, 2.75) is 75.8 Å². The van der Waals surface area contributed by atoms with Crippen LogP contribution in [-0.4, -0.2) is 34.4 Å². The van der Waals surface area contributed by atoms with E-state index in [0.29, 0.717) is 23.2 Å². The Kier molecular flexibility index (Phi) is 6.12. The number of hydrogen-bond acceptors (Lipinski definition) is 4. The third-order valence-electron chi connectivity index (χ3n) is 7.19. The molecule has 2 N–H and O–H groups in total. The predicted octanol–water partition coefficient (Wildman–Crippen LogP) is 5.26. The zero-order valence-electron chi connectivity index (χ0n) is 18.2. The van der Waals surface area contributed by atoms with Crippen LogP contribution >= 0.6 is 22.9 Å². The smallest absolute Gasteiger partial charge is 0.321 e. The molecule has 2 fully saturated rings. The number of carbonyl (C=O) groups is 2. The number of hydrogen-bond donors (Lipinski definition) is 2. The number of thiazole rings is 1. The van der Waals surface area contributed by atoms with Gasteiger partial charge < -0.3 is 10.2 Å². The van der Waals surface area contributed by atoms with Crippen LogP contribution in [-0.2, 0) is 23.2 Å². The van der Waals surface area contributed by atoms with Crippen LogP contribution in [0.1, 0.15) is 67.5 Å². The number of benzene rings is 1. The highest BCUT2D eigenvalue weighted by Crippen LogP contribution is 2.44. The first-order chi connectivity index (χ1) is 15.5. The van der Waals surface area contributed by atoms with Crippen molar-refractivity contribution in [3.05, 3.63) is 45.4 Å². The summed E-state index contributed by atoms with van der Waals surface area (Å²) in [7, 11) is 0. The van der Waals surface area contributed by atoms with Gasteiger partial charge in [0.15, 0.2) is 5.13 Å². The first-order valence-electron chi connectivity index (χ1n) is 11.6. The van der Waals surface area contributed by atoms with Gasteiger partial charge >= 0.3 is 6.03 Å². The van der Waals surface area contributed by atoms with Crippen molar-refractivity contribution in [2.75, 3.05) is 11.9 Å². The molecule has 2 aliphatic carbocycles. The standard InChI is InChI=1S/C24H29ClN4O2S/c25-17-9-7-16(8-10-17)24(12-3-4-13-24)21(30)29-14-11-19-20(15-29)32-23(27-19)28-22(31)26-18-5-1-2-6-18/h7-10,18H,1-6,11-15H2,(H2,26,27,28,31). The monoisotopic (exact) mass is 472 g/mol. The Labute approximate surface area is 197 Å². The molecule has 2 aromatic rings. The Morgan fingerprint density at radius 1 is 1.09 bits per heavy atom. The number of urea groups is 1. The van der Waals surface area contributed by atoms with Crippen LogP contribution in [0, 0.1) is 0 Å². The molecule has 2 saturated carbocycles. The lowest BCUT2D eigenvalue weighted by molar-refractivity contribution is -0.138. The molecule has 3 amide bonds. The topological polar surface area (TPSA) is 74.3 Å². The van der Waals surface area contributed by atoms with Crippen LogP contribution < -0.4 is 10.6 Å². The molecule has 8 heteroatoms. The van der Waals surface area contributed by atoms with Crippen molar-refractivity contribution in [3.63, 3.8) is 0 Å². The molecule has 0 spiro atoms. The van der Waals surface area contributed by atoms with Crippen LogP contribution in [0.4, 0.5) is 9.93 Å². The maximum atomic E-state index is 13.8. The van der Waals surface area contributed by atoms with Gasteiger partial charge in [0.25, 0.3) is 0 Å². The molecule has 32 heavy (non-hydrogen) atoms. The maximum Gasteiger partial charge on any atom is 0.321 e. The van der Waals surface area contributed by atoms with Gasteiger partial charge in [-0.2, -0.15) is 0 Å². The summed E-state index contributed by atoms with van der Waals surface area (Å²) in [5.74, 6) is 0.213. The summed E-state index contributed by atoms with van der Waals surface area (Å²) >= 11 is 7.59. The number of fused-ring (bicyclic) bond motifs is 1. The van der Waals surface area contributed by atoms with E-state index in [1.54, 1.807) is 0 Å². The van der Waals surface area contributed by atoms with Gasteiger partial charge in [-0.05, 0) is 43.4 Å². The van der Waals surface area contributed by atoms with E-state index in [9.17, 15) is 9.59 Å². The summed E-state index contributed by atoms with van der Waals surface area (Å²) in [6, 6.07) is 7.89. The molecular weight excluding hydrogens is 444 g/mol. The Hall–Kier alpha value is -2.12. The van der Waals surface area contributed by atoms with Gasteiger partial charge in [0.1, 0.15) is 0 Å². The Morgan fingerprint density at radius 2 is 1.81 bits per heavy atom. The Morgan fingerprint density at radius 3 is 2.53 bits per heavy atom. The van der Waals surface area contributed by atoms with Gasteiger partial charge in [0.2, 0.25) is 5.91 Å². The molecule has 0 saturated heterocycles. The zero-order chi connectivity index (χ0) is 22.1. The summed E-state index contributed by atoms with van der Waals surface area (Å²) in [6.45, 7) is 1.23. The fourth-order valence-electron chi connectivity index (χ4n) is 5.49. The van der Waals surface area contributed by atoms with Gasteiger partial charge in [0, 0.05) is 28.9 Å². The SMILES string of the molecule is O=C(Nc1nc2c(s1)CN(C(=O)C1(c3ccc(Cl)cc3)CCCC1)CC2)NC1CCCC1. The summed E-state index contributed by atoms with van der Waals surface area (Å²) in [4.78, 5) is 33.8. The number of carbonyl (C=O) groups excluding carboxylic acids is 2. The van der Waals surface area contributed by atoms with Crippen LogP contribution in [0.5, 0.6) is 0 Å². The molecule has 3 aliphatic rings. The normalized spacial score (nSPS) is 20.2. The van der Waals surface area contributed by atoms with E-state index in [-0.39, 0.29) is 18.0 Å². The Bertz CT molecular complexity index is 994. The van der Waals surface area contributed by atoms with Crippen molar-refractivity contribution >= 4 is 40.0 Å².